The highest BCUT2D eigenvalue weighted by atomic mass is 35.5. The van der Waals surface area contributed by atoms with Gasteiger partial charge < -0.3 is 4.74 Å². The van der Waals surface area contributed by atoms with Gasteiger partial charge in [0.1, 0.15) is 0 Å². The Kier molecular flexibility index (Phi) is 4.24. The maximum Gasteiger partial charge on any atom is 0.330 e. The second-order valence-electron chi connectivity index (χ2n) is 2.61. The Bertz CT molecular complexity index is 393. The Hall–Kier alpha value is -1.42. The van der Waals surface area contributed by atoms with Crippen LogP contribution in [0.4, 0.5) is 4.39 Å². The number of carbonyl (C=O) groups is 1. The first kappa shape index (κ1) is 11.7. The molecule has 0 aliphatic carbocycles. The van der Waals surface area contributed by atoms with Gasteiger partial charge in [0.05, 0.1) is 17.8 Å². The first-order valence-electron chi connectivity index (χ1n) is 4.29. The summed E-state index contributed by atoms with van der Waals surface area (Å²) < 4.78 is 17.6. The molecule has 0 N–H and O–H groups in total. The second kappa shape index (κ2) is 5.46. The molecule has 0 aliphatic heterocycles. The maximum absolute atomic E-state index is 12.9. The number of ether oxygens (including phenoxy) is 1. The molecule has 0 unspecified atom stereocenters. The van der Waals surface area contributed by atoms with Crippen molar-refractivity contribution in [2.45, 2.75) is 6.92 Å². The maximum atomic E-state index is 12.9. The van der Waals surface area contributed by atoms with E-state index >= 15 is 0 Å². The molecule has 0 aromatic carbocycles. The molecule has 15 heavy (non-hydrogen) atoms. The number of carbonyl (C=O) groups excluding carboxylic acids is 1. The van der Waals surface area contributed by atoms with Gasteiger partial charge in [0.15, 0.2) is 5.82 Å². The number of esters is 1. The predicted molar refractivity (Wildman–Crippen MR) is 54.9 cm³/mol. The highest BCUT2D eigenvalue weighted by Crippen LogP contribution is 2.19. The normalized spacial score (nSPS) is 10.6. The SMILES string of the molecule is CCOC(=O)/C=C/c1cncc(F)c1Cl. The third-order valence-electron chi connectivity index (χ3n) is 1.55. The third kappa shape index (κ3) is 3.32. The van der Waals surface area contributed by atoms with Crippen molar-refractivity contribution in [2.75, 3.05) is 6.61 Å². The minimum Gasteiger partial charge on any atom is -0.463 e. The molecule has 0 bridgehead atoms. The van der Waals surface area contributed by atoms with Gasteiger partial charge in [-0.05, 0) is 13.0 Å². The lowest BCUT2D eigenvalue weighted by atomic mass is 10.2. The zero-order valence-electron chi connectivity index (χ0n) is 8.04. The van der Waals surface area contributed by atoms with Crippen molar-refractivity contribution in [3.05, 3.63) is 34.9 Å². The topological polar surface area (TPSA) is 39.2 Å². The smallest absolute Gasteiger partial charge is 0.330 e. The number of nitrogens with zero attached hydrogens (tertiary/aromatic N) is 1. The molecule has 0 aliphatic rings. The Balaban J connectivity index is 2.81. The van der Waals surface area contributed by atoms with E-state index < -0.39 is 11.8 Å². The molecule has 1 rings (SSSR count). The first-order valence-corrected chi connectivity index (χ1v) is 4.66. The number of halogens is 2. The third-order valence-corrected chi connectivity index (χ3v) is 1.95. The van der Waals surface area contributed by atoms with Gasteiger partial charge >= 0.3 is 5.97 Å². The van der Waals surface area contributed by atoms with Crippen molar-refractivity contribution in [1.29, 1.82) is 0 Å². The predicted octanol–water partition coefficient (Wildman–Crippen LogP) is 2.45. The van der Waals surface area contributed by atoms with Gasteiger partial charge in [-0.3, -0.25) is 4.98 Å². The molecule has 80 valence electrons. The van der Waals surface area contributed by atoms with Gasteiger partial charge in [-0.15, -0.1) is 0 Å². The number of rotatable bonds is 3. The Labute approximate surface area is 91.5 Å². The number of hydrogen-bond acceptors (Lipinski definition) is 3. The van der Waals surface area contributed by atoms with Gasteiger partial charge in [-0.1, -0.05) is 11.6 Å². The largest absolute Gasteiger partial charge is 0.463 e. The molecule has 3 nitrogen and oxygen atoms in total. The highest BCUT2D eigenvalue weighted by Gasteiger charge is 2.04. The molecule has 0 radical (unpaired) electrons. The zero-order valence-corrected chi connectivity index (χ0v) is 8.79. The van der Waals surface area contributed by atoms with Crippen molar-refractivity contribution in [3.8, 4) is 0 Å². The van der Waals surface area contributed by atoms with E-state index in [4.69, 9.17) is 11.6 Å². The van der Waals surface area contributed by atoms with Crippen LogP contribution in [-0.2, 0) is 9.53 Å². The van der Waals surface area contributed by atoms with Crippen LogP contribution in [0, 0.1) is 5.82 Å². The summed E-state index contributed by atoms with van der Waals surface area (Å²) in [4.78, 5) is 14.6. The summed E-state index contributed by atoms with van der Waals surface area (Å²) in [5.74, 6) is -1.12. The molecule has 0 atom stereocenters. The van der Waals surface area contributed by atoms with Crippen LogP contribution < -0.4 is 0 Å². The van der Waals surface area contributed by atoms with Crippen LogP contribution in [0.25, 0.3) is 6.08 Å². The first-order chi connectivity index (χ1) is 7.15. The van der Waals surface area contributed by atoms with Crippen molar-refractivity contribution >= 4 is 23.6 Å². The summed E-state index contributed by atoms with van der Waals surface area (Å²) in [6.45, 7) is 1.99. The average Bonchev–Trinajstić information content (AvgIpc) is 2.21. The molecule has 1 aromatic heterocycles. The standard InChI is InChI=1S/C10H9ClFNO2/c1-2-15-9(14)4-3-7-5-13-6-8(12)10(7)11/h3-6H,2H2,1H3/b4-3+. The highest BCUT2D eigenvalue weighted by molar-refractivity contribution is 6.32. The van der Waals surface area contributed by atoms with Crippen molar-refractivity contribution in [1.82, 2.24) is 4.98 Å². The van der Waals surface area contributed by atoms with E-state index in [0.29, 0.717) is 5.56 Å². The van der Waals surface area contributed by atoms with E-state index in [9.17, 15) is 9.18 Å². The van der Waals surface area contributed by atoms with Crippen LogP contribution in [0.3, 0.4) is 0 Å². The second-order valence-corrected chi connectivity index (χ2v) is 2.99. The van der Waals surface area contributed by atoms with Crippen LogP contribution in [0.15, 0.2) is 18.5 Å². The van der Waals surface area contributed by atoms with Crippen molar-refractivity contribution in [3.63, 3.8) is 0 Å². The summed E-state index contributed by atoms with van der Waals surface area (Å²) in [7, 11) is 0. The monoisotopic (exact) mass is 229 g/mol. The number of hydrogen-bond donors (Lipinski definition) is 0. The average molecular weight is 230 g/mol. The molecule has 0 amide bonds. The summed E-state index contributed by atoms with van der Waals surface area (Å²) in [5, 5.41) is -0.0643. The van der Waals surface area contributed by atoms with E-state index in [1.165, 1.54) is 18.3 Å². The minimum absolute atomic E-state index is 0.0643. The Morgan fingerprint density at radius 1 is 1.67 bits per heavy atom. The van der Waals surface area contributed by atoms with Crippen molar-refractivity contribution < 1.29 is 13.9 Å². The molecule has 1 heterocycles. The lowest BCUT2D eigenvalue weighted by Crippen LogP contribution is -1.98. The molecule has 0 fully saturated rings. The molecule has 0 saturated carbocycles. The minimum atomic E-state index is -0.623. The van der Waals surface area contributed by atoms with E-state index in [1.54, 1.807) is 6.92 Å². The fourth-order valence-corrected chi connectivity index (χ4v) is 1.06. The summed E-state index contributed by atoms with van der Waals surface area (Å²) in [6, 6.07) is 0. The van der Waals surface area contributed by atoms with E-state index in [1.807, 2.05) is 0 Å². The van der Waals surface area contributed by atoms with Gasteiger partial charge in [0.25, 0.3) is 0 Å². The Morgan fingerprint density at radius 2 is 2.40 bits per heavy atom. The van der Waals surface area contributed by atoms with Crippen molar-refractivity contribution in [2.24, 2.45) is 0 Å². The fourth-order valence-electron chi connectivity index (χ4n) is 0.899. The lowest BCUT2D eigenvalue weighted by molar-refractivity contribution is -0.137. The Morgan fingerprint density at radius 3 is 3.07 bits per heavy atom. The van der Waals surface area contributed by atoms with Crippen LogP contribution in [-0.4, -0.2) is 17.6 Å². The molecule has 0 saturated heterocycles. The van der Waals surface area contributed by atoms with Gasteiger partial charge in [0, 0.05) is 17.8 Å². The molecule has 5 heteroatoms. The number of pyridine rings is 1. The molecular weight excluding hydrogens is 221 g/mol. The van der Waals surface area contributed by atoms with E-state index in [-0.39, 0.29) is 11.6 Å². The quantitative estimate of drug-likeness (QED) is 0.590. The van der Waals surface area contributed by atoms with Crippen LogP contribution in [0.1, 0.15) is 12.5 Å². The molecular formula is C10H9ClFNO2. The molecule has 1 aromatic rings. The summed E-state index contributed by atoms with van der Waals surface area (Å²) in [6.07, 6.45) is 4.90. The van der Waals surface area contributed by atoms with Crippen LogP contribution in [0.5, 0.6) is 0 Å². The van der Waals surface area contributed by atoms with Crippen LogP contribution >= 0.6 is 11.6 Å². The van der Waals surface area contributed by atoms with Gasteiger partial charge in [-0.25, -0.2) is 9.18 Å². The summed E-state index contributed by atoms with van der Waals surface area (Å²) in [5.41, 5.74) is 0.338. The van der Waals surface area contributed by atoms with E-state index in [2.05, 4.69) is 9.72 Å². The van der Waals surface area contributed by atoms with Gasteiger partial charge in [0.2, 0.25) is 0 Å². The van der Waals surface area contributed by atoms with E-state index in [0.717, 1.165) is 6.20 Å². The number of aromatic nitrogens is 1. The molecule has 0 spiro atoms. The fraction of sp³-hybridized carbons (Fsp3) is 0.200. The van der Waals surface area contributed by atoms with Crippen LogP contribution in [0.2, 0.25) is 5.02 Å². The lowest BCUT2D eigenvalue weighted by Gasteiger charge is -1.98. The summed E-state index contributed by atoms with van der Waals surface area (Å²) >= 11 is 5.64. The van der Waals surface area contributed by atoms with Gasteiger partial charge in [-0.2, -0.15) is 0 Å². The zero-order chi connectivity index (χ0) is 11.3.